The molecular formula is C22H14N4O2S. The van der Waals surface area contributed by atoms with E-state index in [-0.39, 0.29) is 11.6 Å². The minimum absolute atomic E-state index is 0.145. The molecule has 29 heavy (non-hydrogen) atoms. The number of carbonyl (C=O) groups is 2. The molecule has 0 bridgehead atoms. The van der Waals surface area contributed by atoms with Crippen molar-refractivity contribution in [1.82, 2.24) is 14.8 Å². The van der Waals surface area contributed by atoms with Crippen molar-refractivity contribution >= 4 is 35.4 Å². The van der Waals surface area contributed by atoms with Gasteiger partial charge in [0.05, 0.1) is 5.69 Å². The lowest BCUT2D eigenvalue weighted by Crippen LogP contribution is -2.20. The third-order valence-electron chi connectivity index (χ3n) is 4.87. The van der Waals surface area contributed by atoms with Gasteiger partial charge in [0.2, 0.25) is 10.7 Å². The normalized spacial score (nSPS) is 12.4. The average Bonchev–Trinajstić information content (AvgIpc) is 3.12. The van der Waals surface area contributed by atoms with E-state index in [2.05, 4.69) is 15.5 Å². The van der Waals surface area contributed by atoms with Crippen molar-refractivity contribution in [2.45, 2.75) is 0 Å². The monoisotopic (exact) mass is 398 g/mol. The predicted molar refractivity (Wildman–Crippen MR) is 112 cm³/mol. The van der Waals surface area contributed by atoms with Crippen LogP contribution in [0.25, 0.3) is 5.69 Å². The molecule has 1 aliphatic carbocycles. The number of aromatic nitrogens is 3. The van der Waals surface area contributed by atoms with Crippen LogP contribution >= 0.6 is 12.2 Å². The predicted octanol–water partition coefficient (Wildman–Crippen LogP) is 4.45. The van der Waals surface area contributed by atoms with Crippen LogP contribution in [0.1, 0.15) is 31.8 Å². The van der Waals surface area contributed by atoms with Crippen molar-refractivity contribution in [2.24, 2.45) is 0 Å². The zero-order chi connectivity index (χ0) is 20.0. The van der Waals surface area contributed by atoms with Crippen molar-refractivity contribution in [1.29, 1.82) is 0 Å². The van der Waals surface area contributed by atoms with Gasteiger partial charge in [-0.2, -0.15) is 0 Å². The van der Waals surface area contributed by atoms with Gasteiger partial charge in [0.25, 0.3) is 0 Å². The molecule has 1 aromatic heterocycles. The lowest BCUT2D eigenvalue weighted by atomic mass is 9.84. The molecule has 0 amide bonds. The molecule has 0 spiro atoms. The summed E-state index contributed by atoms with van der Waals surface area (Å²) in [6, 6.07) is 21.6. The second-order valence-electron chi connectivity index (χ2n) is 6.61. The van der Waals surface area contributed by atoms with Gasteiger partial charge in [0, 0.05) is 27.9 Å². The quantitative estimate of drug-likeness (QED) is 0.439. The van der Waals surface area contributed by atoms with Crippen LogP contribution in [-0.4, -0.2) is 26.3 Å². The molecule has 0 unspecified atom stereocenters. The van der Waals surface area contributed by atoms with Crippen LogP contribution in [0.4, 0.5) is 11.6 Å². The van der Waals surface area contributed by atoms with E-state index in [9.17, 15) is 9.59 Å². The molecule has 140 valence electrons. The Hall–Kier alpha value is -3.84. The van der Waals surface area contributed by atoms with E-state index >= 15 is 0 Å². The number of hydrogen-bond donors (Lipinski definition) is 2. The summed E-state index contributed by atoms with van der Waals surface area (Å²) in [6.45, 7) is 0. The number of nitrogens with one attached hydrogen (secondary N) is 2. The molecule has 0 saturated carbocycles. The van der Waals surface area contributed by atoms with E-state index in [4.69, 9.17) is 12.2 Å². The first kappa shape index (κ1) is 17.3. The highest BCUT2D eigenvalue weighted by atomic mass is 32.1. The summed E-state index contributed by atoms with van der Waals surface area (Å²) < 4.78 is 2.20. The Bertz CT molecular complexity index is 1340. The number of para-hydroxylation sites is 1. The van der Waals surface area contributed by atoms with Crippen molar-refractivity contribution in [3.8, 4) is 5.69 Å². The highest BCUT2D eigenvalue weighted by molar-refractivity contribution is 7.71. The summed E-state index contributed by atoms with van der Waals surface area (Å²) in [6.07, 6.45) is 0. The number of carbonyl (C=O) groups excluding carboxylic acids is 2. The minimum Gasteiger partial charge on any atom is -0.324 e. The van der Waals surface area contributed by atoms with Gasteiger partial charge < -0.3 is 5.32 Å². The average molecular weight is 398 g/mol. The molecule has 1 heterocycles. The fraction of sp³-hybridized carbons (Fsp3) is 0. The first-order chi connectivity index (χ1) is 14.1. The summed E-state index contributed by atoms with van der Waals surface area (Å²) in [5.41, 5.74) is 3.13. The van der Waals surface area contributed by atoms with E-state index in [0.29, 0.717) is 38.7 Å². The lowest BCUT2D eigenvalue weighted by molar-refractivity contribution is 0.0979. The summed E-state index contributed by atoms with van der Waals surface area (Å²) in [5, 5.41) is 10.2. The molecular weight excluding hydrogens is 384 g/mol. The number of fused-ring (bicyclic) bond motifs is 2. The number of ketones is 2. The largest absolute Gasteiger partial charge is 0.324 e. The molecule has 4 aromatic rings. The van der Waals surface area contributed by atoms with E-state index < -0.39 is 0 Å². The van der Waals surface area contributed by atoms with Crippen molar-refractivity contribution in [3.63, 3.8) is 0 Å². The SMILES string of the molecule is O=C1c2ccccc2C(=O)c2cc(Nc3n[nH]c(=S)n3-c3ccccc3)ccc21. The summed E-state index contributed by atoms with van der Waals surface area (Å²) >= 11 is 5.35. The molecule has 3 aromatic carbocycles. The van der Waals surface area contributed by atoms with Gasteiger partial charge in [0.1, 0.15) is 0 Å². The van der Waals surface area contributed by atoms with Crippen LogP contribution in [0.15, 0.2) is 72.8 Å². The standard InChI is InChI=1S/C22H14N4O2S/c27-19-15-8-4-5-9-16(15)20(28)18-12-13(10-11-17(18)19)23-21-24-25-22(29)26(21)14-6-2-1-3-7-14/h1-12H,(H,23,24)(H,25,29). The van der Waals surface area contributed by atoms with Crippen LogP contribution in [0.5, 0.6) is 0 Å². The fourth-order valence-corrected chi connectivity index (χ4v) is 3.74. The van der Waals surface area contributed by atoms with Gasteiger partial charge in [-0.15, -0.1) is 5.10 Å². The fourth-order valence-electron chi connectivity index (χ4n) is 3.50. The molecule has 7 heteroatoms. The molecule has 0 saturated heterocycles. The van der Waals surface area contributed by atoms with Gasteiger partial charge in [-0.3, -0.25) is 14.2 Å². The number of hydrogen-bond acceptors (Lipinski definition) is 5. The number of H-pyrrole nitrogens is 1. The van der Waals surface area contributed by atoms with E-state index in [0.717, 1.165) is 5.69 Å². The molecule has 0 atom stereocenters. The van der Waals surface area contributed by atoms with Crippen LogP contribution in [0.2, 0.25) is 0 Å². The van der Waals surface area contributed by atoms with Crippen molar-refractivity contribution < 1.29 is 9.59 Å². The maximum absolute atomic E-state index is 12.9. The highest BCUT2D eigenvalue weighted by Crippen LogP contribution is 2.30. The number of aromatic amines is 1. The van der Waals surface area contributed by atoms with Gasteiger partial charge >= 0.3 is 0 Å². The maximum Gasteiger partial charge on any atom is 0.232 e. The number of nitrogens with zero attached hydrogens (tertiary/aromatic N) is 2. The molecule has 1 aliphatic rings. The second-order valence-corrected chi connectivity index (χ2v) is 7.00. The Kier molecular flexibility index (Phi) is 3.96. The maximum atomic E-state index is 12.9. The van der Waals surface area contributed by atoms with Crippen LogP contribution in [0, 0.1) is 4.77 Å². The smallest absolute Gasteiger partial charge is 0.232 e. The topological polar surface area (TPSA) is 79.8 Å². The number of benzene rings is 3. The second kappa shape index (κ2) is 6.65. The summed E-state index contributed by atoms with van der Waals surface area (Å²) in [7, 11) is 0. The first-order valence-electron chi connectivity index (χ1n) is 8.96. The summed E-state index contributed by atoms with van der Waals surface area (Å²) in [5.74, 6) is 0.172. The third kappa shape index (κ3) is 2.79. The number of rotatable bonds is 3. The van der Waals surface area contributed by atoms with Crippen LogP contribution < -0.4 is 5.32 Å². The minimum atomic E-state index is -0.166. The van der Waals surface area contributed by atoms with Gasteiger partial charge in [-0.05, 0) is 42.5 Å². The molecule has 5 rings (SSSR count). The summed E-state index contributed by atoms with van der Waals surface area (Å²) in [4.78, 5) is 25.7. The third-order valence-corrected chi connectivity index (χ3v) is 5.14. The van der Waals surface area contributed by atoms with Crippen LogP contribution in [-0.2, 0) is 0 Å². The van der Waals surface area contributed by atoms with E-state index in [1.165, 1.54) is 0 Å². The van der Waals surface area contributed by atoms with Crippen LogP contribution in [0.3, 0.4) is 0 Å². The Morgan fingerprint density at radius 2 is 1.41 bits per heavy atom. The molecule has 0 fully saturated rings. The highest BCUT2D eigenvalue weighted by Gasteiger charge is 2.29. The molecule has 6 nitrogen and oxygen atoms in total. The Balaban J connectivity index is 1.55. The van der Waals surface area contributed by atoms with E-state index in [1.807, 2.05) is 30.3 Å². The zero-order valence-corrected chi connectivity index (χ0v) is 15.9. The van der Waals surface area contributed by atoms with Crippen molar-refractivity contribution in [3.05, 3.63) is 99.8 Å². The van der Waals surface area contributed by atoms with Gasteiger partial charge in [-0.25, -0.2) is 5.10 Å². The van der Waals surface area contributed by atoms with Crippen molar-refractivity contribution in [2.75, 3.05) is 5.32 Å². The van der Waals surface area contributed by atoms with Gasteiger partial charge in [0.15, 0.2) is 11.6 Å². The Morgan fingerprint density at radius 1 is 0.793 bits per heavy atom. The molecule has 0 aliphatic heterocycles. The first-order valence-corrected chi connectivity index (χ1v) is 9.36. The molecule has 2 N–H and O–H groups in total. The molecule has 0 radical (unpaired) electrons. The lowest BCUT2D eigenvalue weighted by Gasteiger charge is -2.18. The Labute approximate surface area is 170 Å². The zero-order valence-electron chi connectivity index (χ0n) is 15.0. The van der Waals surface area contributed by atoms with E-state index in [1.54, 1.807) is 47.0 Å². The Morgan fingerprint density at radius 3 is 2.14 bits per heavy atom. The number of anilines is 2. The van der Waals surface area contributed by atoms with Gasteiger partial charge in [-0.1, -0.05) is 42.5 Å².